The van der Waals surface area contributed by atoms with E-state index in [2.05, 4.69) is 5.32 Å². The Morgan fingerprint density at radius 1 is 1.12 bits per heavy atom. The van der Waals surface area contributed by atoms with Crippen molar-refractivity contribution in [2.24, 2.45) is 0 Å². The zero-order valence-electron chi connectivity index (χ0n) is 20.6. The number of nitrogens with zero attached hydrogens (tertiary/aromatic N) is 2. The van der Waals surface area contributed by atoms with Gasteiger partial charge in [0.15, 0.2) is 0 Å². The molecule has 0 heterocycles. The standard InChI is InChI=1S/C25H35N3O5S/c1-6-23(25(30)26-3)27(18-20-12-8-7-11-19(20)2)24(29)15-10-16-28(34(5,31)32)21-13-9-14-22(17-21)33-4/h7-9,11-14,17,23H,6,10,15-16,18H2,1-5H3,(H,26,30)/t23-/m0/s1. The van der Waals surface area contributed by atoms with Crippen molar-refractivity contribution in [3.8, 4) is 5.75 Å². The Morgan fingerprint density at radius 2 is 1.82 bits per heavy atom. The monoisotopic (exact) mass is 489 g/mol. The third-order valence-electron chi connectivity index (χ3n) is 5.73. The van der Waals surface area contributed by atoms with E-state index in [1.807, 2.05) is 38.1 Å². The molecule has 0 aliphatic heterocycles. The summed E-state index contributed by atoms with van der Waals surface area (Å²) in [7, 11) is -0.494. The second kappa shape index (κ2) is 12.4. The summed E-state index contributed by atoms with van der Waals surface area (Å²) in [6, 6.07) is 13.9. The van der Waals surface area contributed by atoms with Gasteiger partial charge in [0.1, 0.15) is 11.8 Å². The van der Waals surface area contributed by atoms with Gasteiger partial charge >= 0.3 is 0 Å². The molecule has 34 heavy (non-hydrogen) atoms. The highest BCUT2D eigenvalue weighted by Crippen LogP contribution is 2.24. The first-order chi connectivity index (χ1) is 16.1. The lowest BCUT2D eigenvalue weighted by atomic mass is 10.1. The van der Waals surface area contributed by atoms with Gasteiger partial charge in [0.05, 0.1) is 19.1 Å². The SMILES string of the molecule is CC[C@@H](C(=O)NC)N(Cc1ccccc1C)C(=O)CCCN(c1cccc(OC)c1)S(C)(=O)=O. The van der Waals surface area contributed by atoms with Crippen molar-refractivity contribution in [3.05, 3.63) is 59.7 Å². The Hall–Kier alpha value is -3.07. The average molecular weight is 490 g/mol. The summed E-state index contributed by atoms with van der Waals surface area (Å²) < 4.78 is 31.4. The number of carbonyl (C=O) groups is 2. The second-order valence-corrected chi connectivity index (χ2v) is 10.0. The van der Waals surface area contributed by atoms with Gasteiger partial charge in [-0.15, -0.1) is 0 Å². The molecule has 9 heteroatoms. The Balaban J connectivity index is 2.21. The van der Waals surface area contributed by atoms with Crippen LogP contribution in [0.25, 0.3) is 0 Å². The molecule has 2 aromatic carbocycles. The lowest BCUT2D eigenvalue weighted by molar-refractivity contribution is -0.141. The van der Waals surface area contributed by atoms with Crippen molar-refractivity contribution in [3.63, 3.8) is 0 Å². The van der Waals surface area contributed by atoms with Gasteiger partial charge in [-0.05, 0) is 43.0 Å². The van der Waals surface area contributed by atoms with E-state index in [0.717, 1.165) is 17.4 Å². The van der Waals surface area contributed by atoms with Crippen LogP contribution in [0.5, 0.6) is 5.75 Å². The topological polar surface area (TPSA) is 96.0 Å². The predicted molar refractivity (Wildman–Crippen MR) is 134 cm³/mol. The molecule has 0 spiro atoms. The average Bonchev–Trinajstić information content (AvgIpc) is 2.81. The minimum Gasteiger partial charge on any atom is -0.497 e. The first kappa shape index (κ1) is 27.2. The fourth-order valence-electron chi connectivity index (χ4n) is 3.83. The highest BCUT2D eigenvalue weighted by Gasteiger charge is 2.28. The number of ether oxygens (including phenoxy) is 1. The molecule has 0 unspecified atom stereocenters. The smallest absolute Gasteiger partial charge is 0.242 e. The predicted octanol–water partition coefficient (Wildman–Crippen LogP) is 3.10. The van der Waals surface area contributed by atoms with E-state index in [0.29, 0.717) is 30.8 Å². The van der Waals surface area contributed by atoms with Crippen molar-refractivity contribution >= 4 is 27.5 Å². The van der Waals surface area contributed by atoms with E-state index in [4.69, 9.17) is 4.74 Å². The minimum atomic E-state index is -3.56. The molecule has 0 aliphatic carbocycles. The lowest BCUT2D eigenvalue weighted by Gasteiger charge is -2.31. The maximum absolute atomic E-state index is 13.3. The number of rotatable bonds is 12. The number of methoxy groups -OCH3 is 1. The molecule has 0 saturated carbocycles. The third kappa shape index (κ3) is 7.21. The Morgan fingerprint density at radius 3 is 2.41 bits per heavy atom. The molecule has 8 nitrogen and oxygen atoms in total. The summed E-state index contributed by atoms with van der Waals surface area (Å²) in [5, 5.41) is 2.65. The summed E-state index contributed by atoms with van der Waals surface area (Å²) >= 11 is 0. The summed E-state index contributed by atoms with van der Waals surface area (Å²) in [6.45, 7) is 4.28. The molecular formula is C25H35N3O5S. The van der Waals surface area contributed by atoms with Gasteiger partial charge in [0, 0.05) is 32.6 Å². The van der Waals surface area contributed by atoms with Crippen LogP contribution in [0.1, 0.15) is 37.3 Å². The van der Waals surface area contributed by atoms with Gasteiger partial charge in [0.2, 0.25) is 21.8 Å². The van der Waals surface area contributed by atoms with Crippen LogP contribution in [0.4, 0.5) is 5.69 Å². The van der Waals surface area contributed by atoms with E-state index in [1.165, 1.54) is 11.4 Å². The summed E-state index contributed by atoms with van der Waals surface area (Å²) in [5.41, 5.74) is 2.48. The molecule has 2 rings (SSSR count). The highest BCUT2D eigenvalue weighted by molar-refractivity contribution is 7.92. The normalized spacial score (nSPS) is 12.0. The number of nitrogens with one attached hydrogen (secondary N) is 1. The lowest BCUT2D eigenvalue weighted by Crippen LogP contribution is -2.48. The quantitative estimate of drug-likeness (QED) is 0.494. The second-order valence-electron chi connectivity index (χ2n) is 8.13. The van der Waals surface area contributed by atoms with Crippen molar-refractivity contribution < 1.29 is 22.7 Å². The summed E-state index contributed by atoms with van der Waals surface area (Å²) in [5.74, 6) is 0.124. The van der Waals surface area contributed by atoms with Gasteiger partial charge in [-0.25, -0.2) is 8.42 Å². The van der Waals surface area contributed by atoms with E-state index in [9.17, 15) is 18.0 Å². The Labute approximate surface area is 202 Å². The molecule has 0 saturated heterocycles. The number of hydrogen-bond donors (Lipinski definition) is 1. The zero-order chi connectivity index (χ0) is 25.3. The number of hydrogen-bond acceptors (Lipinski definition) is 5. The van der Waals surface area contributed by atoms with E-state index >= 15 is 0 Å². The first-order valence-corrected chi connectivity index (χ1v) is 13.1. The number of carbonyl (C=O) groups excluding carboxylic acids is 2. The minimum absolute atomic E-state index is 0.107. The number of likely N-dealkylation sites (N-methyl/N-ethyl adjacent to an activating group) is 1. The zero-order valence-corrected chi connectivity index (χ0v) is 21.4. The number of benzene rings is 2. The maximum Gasteiger partial charge on any atom is 0.242 e. The Kier molecular flexibility index (Phi) is 9.92. The number of sulfonamides is 1. The molecule has 0 aliphatic rings. The van der Waals surface area contributed by atoms with Gasteiger partial charge in [-0.1, -0.05) is 37.3 Å². The van der Waals surface area contributed by atoms with Crippen LogP contribution in [0, 0.1) is 6.92 Å². The third-order valence-corrected chi connectivity index (χ3v) is 6.92. The van der Waals surface area contributed by atoms with Gasteiger partial charge in [0.25, 0.3) is 0 Å². The fourth-order valence-corrected chi connectivity index (χ4v) is 4.78. The molecule has 0 aromatic heterocycles. The Bertz CT molecular complexity index is 1090. The number of amides is 2. The molecular weight excluding hydrogens is 454 g/mol. The van der Waals surface area contributed by atoms with Crippen molar-refractivity contribution in [1.29, 1.82) is 0 Å². The van der Waals surface area contributed by atoms with Crippen LogP contribution in [-0.4, -0.2) is 58.1 Å². The van der Waals surface area contributed by atoms with E-state index in [-0.39, 0.29) is 24.8 Å². The molecule has 0 bridgehead atoms. The maximum atomic E-state index is 13.3. The van der Waals surface area contributed by atoms with Gasteiger partial charge in [-0.3, -0.25) is 13.9 Å². The van der Waals surface area contributed by atoms with Crippen molar-refractivity contribution in [2.45, 2.75) is 45.7 Å². The fraction of sp³-hybridized carbons (Fsp3) is 0.440. The number of anilines is 1. The summed E-state index contributed by atoms with van der Waals surface area (Å²) in [4.78, 5) is 27.4. The largest absolute Gasteiger partial charge is 0.497 e. The van der Waals surface area contributed by atoms with E-state index < -0.39 is 16.1 Å². The van der Waals surface area contributed by atoms with Crippen molar-refractivity contribution in [2.75, 3.05) is 31.3 Å². The molecule has 2 aromatic rings. The van der Waals surface area contributed by atoms with Crippen molar-refractivity contribution in [1.82, 2.24) is 10.2 Å². The van der Waals surface area contributed by atoms with Crippen LogP contribution in [0.2, 0.25) is 0 Å². The van der Waals surface area contributed by atoms with Crippen LogP contribution >= 0.6 is 0 Å². The number of aryl methyl sites for hydroxylation is 1. The van der Waals surface area contributed by atoms with Crippen LogP contribution in [-0.2, 0) is 26.2 Å². The molecule has 0 radical (unpaired) electrons. The van der Waals surface area contributed by atoms with E-state index in [1.54, 1.807) is 36.2 Å². The van der Waals surface area contributed by atoms with Crippen LogP contribution in [0.15, 0.2) is 48.5 Å². The first-order valence-electron chi connectivity index (χ1n) is 11.3. The van der Waals surface area contributed by atoms with Gasteiger partial charge in [-0.2, -0.15) is 0 Å². The van der Waals surface area contributed by atoms with Crippen LogP contribution < -0.4 is 14.4 Å². The molecule has 1 N–H and O–H groups in total. The molecule has 1 atom stereocenters. The van der Waals surface area contributed by atoms with Gasteiger partial charge < -0.3 is 15.0 Å². The highest BCUT2D eigenvalue weighted by atomic mass is 32.2. The molecule has 186 valence electrons. The molecule has 0 fully saturated rings. The van der Waals surface area contributed by atoms with Crippen LogP contribution in [0.3, 0.4) is 0 Å². The molecule has 2 amide bonds. The summed E-state index contributed by atoms with van der Waals surface area (Å²) in [6.07, 6.45) is 2.01.